The van der Waals surface area contributed by atoms with Crippen LogP contribution in [0.4, 0.5) is 30.7 Å². The number of ketones is 1. The number of hydrogen-bond donors (Lipinski definition) is 0. The molecule has 1 aliphatic rings. The van der Waals surface area contributed by atoms with Crippen molar-refractivity contribution in [2.75, 3.05) is 0 Å². The third kappa shape index (κ3) is 2.61. The van der Waals surface area contributed by atoms with Crippen LogP contribution in [-0.4, -0.2) is 11.7 Å². The average Bonchev–Trinajstić information content (AvgIpc) is 2.64. The predicted molar refractivity (Wildman–Crippen MR) is 76.1 cm³/mol. The lowest BCUT2D eigenvalue weighted by molar-refractivity contribution is -0.176. The van der Waals surface area contributed by atoms with Crippen LogP contribution in [0.2, 0.25) is 5.02 Å². The molecule has 138 valence electrons. The molecule has 26 heavy (non-hydrogen) atoms. The molecule has 0 saturated heterocycles. The van der Waals surface area contributed by atoms with E-state index in [4.69, 9.17) is 16.3 Å². The molecule has 0 amide bonds. The minimum atomic E-state index is -5.17. The Hall–Kier alpha value is -2.29. The summed E-state index contributed by atoms with van der Waals surface area (Å²) in [5, 5.41) is -0.158. The zero-order chi connectivity index (χ0) is 19.4. The first-order valence-corrected chi connectivity index (χ1v) is 7.24. The molecule has 0 heterocycles. The zero-order valence-corrected chi connectivity index (χ0v) is 13.1. The number of fused-ring (bicyclic) bond motifs is 1. The summed E-state index contributed by atoms with van der Waals surface area (Å²) in [6.07, 6.45) is -3.59. The Balaban J connectivity index is 2.19. The Morgan fingerprint density at radius 2 is 1.65 bits per heavy atom. The molecule has 3 rings (SSSR count). The van der Waals surface area contributed by atoms with Gasteiger partial charge in [0.1, 0.15) is 17.3 Å². The quantitative estimate of drug-likeness (QED) is 0.581. The van der Waals surface area contributed by atoms with Crippen molar-refractivity contribution in [3.63, 3.8) is 0 Å². The topological polar surface area (TPSA) is 26.3 Å². The summed E-state index contributed by atoms with van der Waals surface area (Å²) in [5.41, 5.74) is -4.45. The van der Waals surface area contributed by atoms with E-state index in [0.717, 1.165) is 18.2 Å². The minimum Gasteiger partial charge on any atom is -0.457 e. The first-order chi connectivity index (χ1) is 12.0. The van der Waals surface area contributed by atoms with Gasteiger partial charge in [-0.15, -0.1) is 0 Å². The number of carbonyl (C=O) groups excluding carboxylic acids is 1. The Labute approximate surface area is 146 Å². The van der Waals surface area contributed by atoms with Gasteiger partial charge in [-0.3, -0.25) is 4.79 Å². The van der Waals surface area contributed by atoms with Crippen molar-refractivity contribution in [3.8, 4) is 11.5 Å². The molecule has 0 unspecified atom stereocenters. The average molecular weight is 399 g/mol. The maximum atomic E-state index is 13.7. The highest BCUT2D eigenvalue weighted by Gasteiger charge is 2.70. The monoisotopic (exact) mass is 398 g/mol. The molecule has 0 aliphatic heterocycles. The molecule has 0 aromatic heterocycles. The van der Waals surface area contributed by atoms with E-state index >= 15 is 0 Å². The van der Waals surface area contributed by atoms with Crippen molar-refractivity contribution in [2.45, 2.75) is 18.3 Å². The van der Waals surface area contributed by atoms with Gasteiger partial charge in [0.15, 0.2) is 0 Å². The van der Waals surface area contributed by atoms with E-state index in [2.05, 4.69) is 0 Å². The summed E-state index contributed by atoms with van der Waals surface area (Å²) >= 11 is 5.59. The van der Waals surface area contributed by atoms with Crippen LogP contribution in [0.1, 0.15) is 27.9 Å². The van der Waals surface area contributed by atoms with E-state index in [1.807, 2.05) is 0 Å². The number of carbonyl (C=O) groups is 1. The van der Waals surface area contributed by atoms with Crippen LogP contribution < -0.4 is 4.74 Å². The van der Waals surface area contributed by atoms with Gasteiger partial charge in [-0.25, -0.2) is 13.2 Å². The van der Waals surface area contributed by atoms with Crippen molar-refractivity contribution in [2.24, 2.45) is 0 Å². The predicted octanol–water partition coefficient (Wildman–Crippen LogP) is 6.13. The molecule has 0 spiro atoms. The number of Topliss-reactive ketones (excluding diaryl/α,β-unsaturated/α-hetero) is 1. The second kappa shape index (κ2) is 5.87. The maximum Gasteiger partial charge on any atom is 0.376 e. The molecule has 0 atom stereocenters. The van der Waals surface area contributed by atoms with Gasteiger partial charge in [-0.2, -0.15) is 17.6 Å². The molecule has 2 aromatic rings. The number of halogens is 8. The summed E-state index contributed by atoms with van der Waals surface area (Å²) < 4.78 is 99.7. The Morgan fingerprint density at radius 3 is 2.23 bits per heavy atom. The normalized spacial score (nSPS) is 17.5. The van der Waals surface area contributed by atoms with Gasteiger partial charge in [-0.1, -0.05) is 11.6 Å². The first-order valence-electron chi connectivity index (χ1n) is 6.86. The Bertz CT molecular complexity index is 891. The molecule has 0 saturated carbocycles. The molecule has 10 heteroatoms. The van der Waals surface area contributed by atoms with Crippen molar-refractivity contribution >= 4 is 17.4 Å². The van der Waals surface area contributed by atoms with Crippen LogP contribution in [-0.2, 0) is 5.92 Å². The standard InChI is InChI=1S/C16H6ClF7O2/c17-6-3-7(18)5-8(4-6)26-10-2-1-9-11(12(10)14(19)20)13(25)16(23,24)15(9,21)22/h1-5,14H. The smallest absolute Gasteiger partial charge is 0.376 e. The second-order valence-electron chi connectivity index (χ2n) is 5.39. The number of benzene rings is 2. The highest BCUT2D eigenvalue weighted by atomic mass is 35.5. The van der Waals surface area contributed by atoms with Gasteiger partial charge < -0.3 is 4.74 Å². The lowest BCUT2D eigenvalue weighted by atomic mass is 10.0. The summed E-state index contributed by atoms with van der Waals surface area (Å²) in [6.45, 7) is 0. The van der Waals surface area contributed by atoms with Crippen LogP contribution >= 0.6 is 11.6 Å². The summed E-state index contributed by atoms with van der Waals surface area (Å²) in [7, 11) is 0. The zero-order valence-electron chi connectivity index (χ0n) is 12.3. The first kappa shape index (κ1) is 18.5. The van der Waals surface area contributed by atoms with E-state index in [1.54, 1.807) is 0 Å². The van der Waals surface area contributed by atoms with E-state index < -0.39 is 52.3 Å². The third-order valence-corrected chi connectivity index (χ3v) is 3.95. The molecule has 1 aliphatic carbocycles. The molecular formula is C16H6ClF7O2. The number of alkyl halides is 6. The van der Waals surface area contributed by atoms with Crippen molar-refractivity contribution in [3.05, 3.63) is 57.9 Å². The highest BCUT2D eigenvalue weighted by molar-refractivity contribution is 6.30. The van der Waals surface area contributed by atoms with Crippen LogP contribution in [0.5, 0.6) is 11.5 Å². The van der Waals surface area contributed by atoms with Crippen molar-refractivity contribution in [1.29, 1.82) is 0 Å². The molecule has 0 radical (unpaired) electrons. The highest BCUT2D eigenvalue weighted by Crippen LogP contribution is 2.55. The number of hydrogen-bond acceptors (Lipinski definition) is 2. The van der Waals surface area contributed by atoms with Crippen LogP contribution in [0.25, 0.3) is 0 Å². The molecule has 0 bridgehead atoms. The van der Waals surface area contributed by atoms with Gasteiger partial charge in [0.25, 0.3) is 6.43 Å². The molecule has 2 aromatic carbocycles. The van der Waals surface area contributed by atoms with Crippen LogP contribution in [0, 0.1) is 5.82 Å². The fourth-order valence-corrected chi connectivity index (χ4v) is 2.81. The van der Waals surface area contributed by atoms with Crippen molar-refractivity contribution < 1.29 is 40.3 Å². The number of rotatable bonds is 3. The fraction of sp³-hybridized carbons (Fsp3) is 0.188. The summed E-state index contributed by atoms with van der Waals surface area (Å²) in [5.74, 6) is -14.7. The van der Waals surface area contributed by atoms with Gasteiger partial charge in [-0.05, 0) is 24.3 Å². The van der Waals surface area contributed by atoms with Crippen molar-refractivity contribution in [1.82, 2.24) is 0 Å². The molecule has 2 nitrogen and oxygen atoms in total. The lowest BCUT2D eigenvalue weighted by Gasteiger charge is -2.17. The van der Waals surface area contributed by atoms with Gasteiger partial charge in [0.05, 0.1) is 5.56 Å². The second-order valence-corrected chi connectivity index (χ2v) is 5.82. The Kier molecular flexibility index (Phi) is 4.18. The van der Waals surface area contributed by atoms with E-state index in [0.29, 0.717) is 12.1 Å². The third-order valence-electron chi connectivity index (χ3n) is 3.73. The van der Waals surface area contributed by atoms with Gasteiger partial charge >= 0.3 is 11.8 Å². The summed E-state index contributed by atoms with van der Waals surface area (Å²) in [4.78, 5) is 11.7. The SMILES string of the molecule is O=C1c2c(ccc(Oc3cc(F)cc(Cl)c3)c2C(F)F)C(F)(F)C1(F)F. The van der Waals surface area contributed by atoms with Crippen LogP contribution in [0.3, 0.4) is 0 Å². The number of ether oxygens (including phenoxy) is 1. The van der Waals surface area contributed by atoms with Crippen LogP contribution in [0.15, 0.2) is 30.3 Å². The Morgan fingerprint density at radius 1 is 1.00 bits per heavy atom. The molecule has 0 N–H and O–H groups in total. The van der Waals surface area contributed by atoms with Gasteiger partial charge in [0.2, 0.25) is 5.78 Å². The lowest BCUT2D eigenvalue weighted by Crippen LogP contribution is -2.38. The van der Waals surface area contributed by atoms with E-state index in [1.165, 1.54) is 0 Å². The largest absolute Gasteiger partial charge is 0.457 e. The van der Waals surface area contributed by atoms with E-state index in [-0.39, 0.29) is 10.8 Å². The van der Waals surface area contributed by atoms with E-state index in [9.17, 15) is 35.5 Å². The maximum absolute atomic E-state index is 13.7. The molecule has 0 fully saturated rings. The summed E-state index contributed by atoms with van der Waals surface area (Å²) in [6, 6.07) is 3.64. The van der Waals surface area contributed by atoms with Gasteiger partial charge in [0, 0.05) is 22.2 Å². The minimum absolute atomic E-state index is 0.158. The molecular weight excluding hydrogens is 393 g/mol. The fourth-order valence-electron chi connectivity index (χ4n) is 2.60.